The van der Waals surface area contributed by atoms with Crippen LogP contribution in [0.15, 0.2) is 53.2 Å². The molecule has 5 aliphatic rings. The molecule has 8 rings (SSSR count). The van der Waals surface area contributed by atoms with Gasteiger partial charge in [-0.2, -0.15) is 5.10 Å². The van der Waals surface area contributed by atoms with Crippen LogP contribution in [0.5, 0.6) is 0 Å². The molecule has 1 aromatic carbocycles. The standard InChI is InChI=1S/C36H38BrF2N9O5/c37-31-22(3-4-24-25(31)16-46(35(24)52)26-5-6-30(50)43-34(26)51)15-45-11-8-23(9-12-45)47-17-27(32(44-47)33(38)39)48-29(42-19-49)18-53-36(48)21-7-10-40-28(13-21)41-14-20-1-2-20/h3-4,7,10,13,17-20,23,26,33,36H,1-2,5-6,8-9,11-12,14-16H2,(H,40,41)(H,42,49)(H,43,50,51). The highest BCUT2D eigenvalue weighted by Crippen LogP contribution is 2.42. The second-order valence-corrected chi connectivity index (χ2v) is 14.9. The quantitative estimate of drug-likeness (QED) is 0.177. The predicted octanol–water partition coefficient (Wildman–Crippen LogP) is 4.48. The minimum absolute atomic E-state index is 0.137. The summed E-state index contributed by atoms with van der Waals surface area (Å²) < 4.78 is 37.6. The number of nitrogens with zero attached hydrogens (tertiary/aromatic N) is 6. The predicted molar refractivity (Wildman–Crippen MR) is 190 cm³/mol. The number of piperidine rings is 2. The summed E-state index contributed by atoms with van der Waals surface area (Å²) in [6.45, 7) is 3.03. The van der Waals surface area contributed by atoms with E-state index in [9.17, 15) is 28.0 Å². The number of hydrogen-bond donors (Lipinski definition) is 3. The van der Waals surface area contributed by atoms with E-state index in [4.69, 9.17) is 4.74 Å². The van der Waals surface area contributed by atoms with E-state index < -0.39 is 30.3 Å². The lowest BCUT2D eigenvalue weighted by atomic mass is 10.0. The number of anilines is 2. The molecule has 53 heavy (non-hydrogen) atoms. The number of ether oxygens (including phenoxy) is 1. The lowest BCUT2D eigenvalue weighted by Crippen LogP contribution is -2.52. The molecule has 2 aromatic heterocycles. The first kappa shape index (κ1) is 35.1. The van der Waals surface area contributed by atoms with E-state index in [2.05, 4.69) is 46.9 Å². The molecule has 278 valence electrons. The van der Waals surface area contributed by atoms with Gasteiger partial charge in [0, 0.05) is 67.1 Å². The molecular formula is C36H38BrF2N9O5. The van der Waals surface area contributed by atoms with Crippen molar-refractivity contribution in [3.8, 4) is 0 Å². The Morgan fingerprint density at radius 1 is 1.09 bits per heavy atom. The Bertz CT molecular complexity index is 1980. The molecule has 2 saturated heterocycles. The van der Waals surface area contributed by atoms with Crippen LogP contribution in [0.2, 0.25) is 0 Å². The van der Waals surface area contributed by atoms with Gasteiger partial charge in [0.05, 0.1) is 11.7 Å². The van der Waals surface area contributed by atoms with Crippen LogP contribution >= 0.6 is 15.9 Å². The highest BCUT2D eigenvalue weighted by Gasteiger charge is 2.41. The summed E-state index contributed by atoms with van der Waals surface area (Å²) in [5.41, 5.74) is 2.74. The Balaban J connectivity index is 0.958. The first-order chi connectivity index (χ1) is 25.7. The van der Waals surface area contributed by atoms with Crippen molar-refractivity contribution in [3.63, 3.8) is 0 Å². The SMILES string of the molecule is O=CNC1=COC(c2ccnc(NCC3CC3)c2)N1c1cn(C2CCN(Cc3ccc4c(c3Br)CN(C3CCC(=O)NC3=O)C4=O)CC2)nc1C(F)F. The molecule has 1 saturated carbocycles. The fourth-order valence-electron chi connectivity index (χ4n) is 7.57. The summed E-state index contributed by atoms with van der Waals surface area (Å²) >= 11 is 3.73. The monoisotopic (exact) mass is 793 g/mol. The van der Waals surface area contributed by atoms with Gasteiger partial charge in [-0.1, -0.05) is 22.0 Å². The van der Waals surface area contributed by atoms with Crippen LogP contribution in [0, 0.1) is 5.92 Å². The minimum atomic E-state index is -2.88. The van der Waals surface area contributed by atoms with Gasteiger partial charge in [0.15, 0.2) is 11.5 Å². The normalized spacial score (nSPS) is 22.2. The Kier molecular flexibility index (Phi) is 9.61. The number of rotatable bonds is 12. The first-order valence-corrected chi connectivity index (χ1v) is 18.6. The van der Waals surface area contributed by atoms with Gasteiger partial charge in [0.25, 0.3) is 12.3 Å². The van der Waals surface area contributed by atoms with E-state index >= 15 is 0 Å². The molecule has 0 bridgehead atoms. The van der Waals surface area contributed by atoms with Crippen molar-refractivity contribution in [2.75, 3.05) is 29.9 Å². The van der Waals surface area contributed by atoms with Gasteiger partial charge in [0.2, 0.25) is 24.5 Å². The van der Waals surface area contributed by atoms with Crippen LogP contribution in [0.3, 0.4) is 0 Å². The molecule has 0 spiro atoms. The number of amides is 4. The van der Waals surface area contributed by atoms with Crippen LogP contribution in [0.25, 0.3) is 0 Å². The number of nitrogens with one attached hydrogen (secondary N) is 3. The molecule has 6 heterocycles. The number of halogens is 3. The van der Waals surface area contributed by atoms with Crippen LogP contribution < -0.4 is 20.9 Å². The summed E-state index contributed by atoms with van der Waals surface area (Å²) in [5.74, 6) is 0.489. The van der Waals surface area contributed by atoms with E-state index in [0.717, 1.165) is 22.1 Å². The maximum absolute atomic E-state index is 14.6. The number of imide groups is 1. The third-order valence-corrected chi connectivity index (χ3v) is 11.6. The minimum Gasteiger partial charge on any atom is -0.470 e. The first-order valence-electron chi connectivity index (χ1n) is 17.8. The summed E-state index contributed by atoms with van der Waals surface area (Å²) in [7, 11) is 0. The van der Waals surface area contributed by atoms with Gasteiger partial charge in [-0.3, -0.25) is 39.0 Å². The lowest BCUT2D eigenvalue weighted by molar-refractivity contribution is -0.137. The fourth-order valence-corrected chi connectivity index (χ4v) is 8.17. The number of aromatic nitrogens is 3. The molecule has 17 heteroatoms. The smallest absolute Gasteiger partial charge is 0.284 e. The van der Waals surface area contributed by atoms with Crippen LogP contribution in [0.1, 0.15) is 90.0 Å². The van der Waals surface area contributed by atoms with Gasteiger partial charge in [0.1, 0.15) is 18.1 Å². The number of hydrogen-bond acceptors (Lipinski definition) is 10. The summed E-state index contributed by atoms with van der Waals surface area (Å²) in [5, 5.41) is 12.7. The van der Waals surface area contributed by atoms with Gasteiger partial charge >= 0.3 is 0 Å². The fraction of sp³-hybridized carbons (Fsp3) is 0.444. The Morgan fingerprint density at radius 3 is 2.64 bits per heavy atom. The van der Waals surface area contributed by atoms with Gasteiger partial charge in [-0.05, 0) is 67.3 Å². The maximum Gasteiger partial charge on any atom is 0.284 e. The highest BCUT2D eigenvalue weighted by molar-refractivity contribution is 9.10. The number of carbonyl (C=O) groups excluding carboxylic acids is 4. The third-order valence-electron chi connectivity index (χ3n) is 10.6. The van der Waals surface area contributed by atoms with Crippen molar-refractivity contribution in [1.82, 2.24) is 35.2 Å². The molecule has 3 fully saturated rings. The second kappa shape index (κ2) is 14.5. The molecule has 3 N–H and O–H groups in total. The van der Waals surface area contributed by atoms with E-state index in [0.29, 0.717) is 68.2 Å². The van der Waals surface area contributed by atoms with Crippen molar-refractivity contribution in [1.29, 1.82) is 0 Å². The molecular weight excluding hydrogens is 756 g/mol. The van der Waals surface area contributed by atoms with Crippen LogP contribution in [-0.4, -0.2) is 74.4 Å². The lowest BCUT2D eigenvalue weighted by Gasteiger charge is -2.32. The average molecular weight is 795 g/mol. The Hall–Kier alpha value is -4.90. The number of pyridine rings is 1. The maximum atomic E-state index is 14.6. The molecule has 2 atom stereocenters. The Labute approximate surface area is 312 Å². The largest absolute Gasteiger partial charge is 0.470 e. The van der Waals surface area contributed by atoms with Crippen LogP contribution in [0.4, 0.5) is 20.3 Å². The Morgan fingerprint density at radius 2 is 1.91 bits per heavy atom. The van der Waals surface area contributed by atoms with Crippen molar-refractivity contribution in [3.05, 3.63) is 81.2 Å². The molecule has 4 amide bonds. The van der Waals surface area contributed by atoms with Gasteiger partial charge < -0.3 is 20.3 Å². The van der Waals surface area contributed by atoms with Gasteiger partial charge in [-0.15, -0.1) is 0 Å². The van der Waals surface area contributed by atoms with Crippen LogP contribution in [-0.2, 0) is 32.2 Å². The van der Waals surface area contributed by atoms with Crippen molar-refractivity contribution in [2.24, 2.45) is 5.92 Å². The molecule has 0 radical (unpaired) electrons. The zero-order valence-electron chi connectivity index (χ0n) is 28.6. The number of benzene rings is 1. The zero-order valence-corrected chi connectivity index (χ0v) is 30.2. The molecule has 4 aliphatic heterocycles. The van der Waals surface area contributed by atoms with Gasteiger partial charge in [-0.25, -0.2) is 13.8 Å². The number of carbonyl (C=O) groups is 4. The summed E-state index contributed by atoms with van der Waals surface area (Å²) in [4.78, 5) is 58.7. The van der Waals surface area contributed by atoms with E-state index in [1.165, 1.54) is 28.9 Å². The summed E-state index contributed by atoms with van der Waals surface area (Å²) in [6.07, 6.45) is 5.52. The topological polar surface area (TPSA) is 154 Å². The van der Waals surface area contributed by atoms with Crippen molar-refractivity contribution < 1.29 is 32.7 Å². The number of fused-ring (bicyclic) bond motifs is 1. The molecule has 3 aromatic rings. The number of alkyl halides is 2. The molecule has 14 nitrogen and oxygen atoms in total. The molecule has 1 aliphatic carbocycles. The van der Waals surface area contributed by atoms with Crippen molar-refractivity contribution >= 4 is 51.6 Å². The molecule has 2 unspecified atom stereocenters. The second-order valence-electron chi connectivity index (χ2n) is 14.1. The van der Waals surface area contributed by atoms with E-state index in [-0.39, 0.29) is 42.3 Å². The number of likely N-dealkylation sites (tertiary alicyclic amines) is 1. The highest BCUT2D eigenvalue weighted by atomic mass is 79.9. The average Bonchev–Trinajstić information content (AvgIpc) is 3.56. The zero-order chi connectivity index (χ0) is 36.8. The summed E-state index contributed by atoms with van der Waals surface area (Å²) in [6, 6.07) is 6.45. The van der Waals surface area contributed by atoms with E-state index in [1.807, 2.05) is 12.1 Å². The van der Waals surface area contributed by atoms with Crippen molar-refractivity contribution in [2.45, 2.75) is 76.4 Å². The van der Waals surface area contributed by atoms with E-state index in [1.54, 1.807) is 29.2 Å². The third kappa shape index (κ3) is 6.99.